The zero-order chi connectivity index (χ0) is 19.2. The molecule has 2 heterocycles. The maximum atomic E-state index is 12.2. The fraction of sp³-hybridized carbons (Fsp3) is 0.261. The largest absolute Gasteiger partial charge is 0.486 e. The van der Waals surface area contributed by atoms with Crippen molar-refractivity contribution in [3.63, 3.8) is 0 Å². The van der Waals surface area contributed by atoms with Crippen molar-refractivity contribution in [3.05, 3.63) is 81.4 Å². The van der Waals surface area contributed by atoms with Crippen LogP contribution in [0.5, 0.6) is 5.75 Å². The number of hydrogen-bond donors (Lipinski definition) is 0. The molecule has 0 aliphatic carbocycles. The van der Waals surface area contributed by atoms with Crippen LogP contribution >= 0.6 is 11.3 Å². The second-order valence-corrected chi connectivity index (χ2v) is 7.80. The molecule has 0 aliphatic heterocycles. The molecule has 27 heavy (non-hydrogen) atoms. The fourth-order valence-electron chi connectivity index (χ4n) is 2.61. The molecule has 4 heteroatoms. The van der Waals surface area contributed by atoms with Gasteiger partial charge in [-0.15, -0.1) is 11.3 Å². The van der Waals surface area contributed by atoms with Gasteiger partial charge in [-0.25, -0.2) is 0 Å². The van der Waals surface area contributed by atoms with Crippen LogP contribution in [0, 0.1) is 0 Å². The van der Waals surface area contributed by atoms with Crippen LogP contribution in [-0.4, -0.2) is 5.78 Å². The molecule has 3 aromatic rings. The number of aryl methyl sites for hydroxylation is 1. The summed E-state index contributed by atoms with van der Waals surface area (Å²) in [5.74, 6) is 2.68. The number of benzene rings is 1. The van der Waals surface area contributed by atoms with Crippen molar-refractivity contribution >= 4 is 23.2 Å². The molecule has 1 aromatic carbocycles. The van der Waals surface area contributed by atoms with Gasteiger partial charge in [0, 0.05) is 4.88 Å². The number of hydrogen-bond acceptors (Lipinski definition) is 4. The fourth-order valence-corrected chi connectivity index (χ4v) is 3.47. The molecule has 0 amide bonds. The number of furan rings is 1. The van der Waals surface area contributed by atoms with Crippen LogP contribution in [0.25, 0.3) is 6.08 Å². The molecular formula is C23H24O3S. The van der Waals surface area contributed by atoms with E-state index in [0.29, 0.717) is 18.3 Å². The number of ketones is 1. The Morgan fingerprint density at radius 1 is 1.11 bits per heavy atom. The minimum absolute atomic E-state index is 0.000794. The number of thiophene rings is 1. The third kappa shape index (κ3) is 5.20. The summed E-state index contributed by atoms with van der Waals surface area (Å²) in [6.07, 6.45) is 4.21. The molecule has 0 atom stereocenters. The lowest BCUT2D eigenvalue weighted by Gasteiger charge is -2.07. The molecule has 0 unspecified atom stereocenters. The minimum Gasteiger partial charge on any atom is -0.486 e. The van der Waals surface area contributed by atoms with Gasteiger partial charge in [-0.05, 0) is 66.5 Å². The topological polar surface area (TPSA) is 39.4 Å². The quantitative estimate of drug-likeness (QED) is 0.331. The Hall–Kier alpha value is -2.59. The van der Waals surface area contributed by atoms with E-state index in [1.165, 1.54) is 21.8 Å². The van der Waals surface area contributed by atoms with Crippen LogP contribution in [0.15, 0.2) is 59.0 Å². The highest BCUT2D eigenvalue weighted by Gasteiger charge is 2.07. The summed E-state index contributed by atoms with van der Waals surface area (Å²) in [5, 5.41) is 0. The number of ether oxygens (including phenoxy) is 1. The second kappa shape index (κ2) is 8.87. The van der Waals surface area contributed by atoms with E-state index in [4.69, 9.17) is 9.15 Å². The normalized spacial score (nSPS) is 11.4. The Kier molecular flexibility index (Phi) is 6.30. The molecule has 0 N–H and O–H groups in total. The minimum atomic E-state index is -0.000794. The van der Waals surface area contributed by atoms with E-state index in [-0.39, 0.29) is 5.78 Å². The van der Waals surface area contributed by atoms with Gasteiger partial charge >= 0.3 is 0 Å². The Bertz CT molecular complexity index is 913. The Morgan fingerprint density at radius 3 is 2.56 bits per heavy atom. The molecule has 0 saturated carbocycles. The summed E-state index contributed by atoms with van der Waals surface area (Å²) in [6.45, 7) is 6.77. The van der Waals surface area contributed by atoms with Crippen LogP contribution in [0.4, 0.5) is 0 Å². The third-order valence-corrected chi connectivity index (χ3v) is 5.51. The maximum Gasteiger partial charge on any atom is 0.195 e. The first-order chi connectivity index (χ1) is 13.0. The molecule has 0 bridgehead atoms. The molecule has 0 spiro atoms. The van der Waals surface area contributed by atoms with Gasteiger partial charge in [0.15, 0.2) is 5.78 Å². The number of carbonyl (C=O) groups is 1. The van der Waals surface area contributed by atoms with Crippen LogP contribution in [-0.2, 0) is 13.0 Å². The predicted octanol–water partition coefficient (Wildman–Crippen LogP) is 6.50. The van der Waals surface area contributed by atoms with Crippen LogP contribution in [0.1, 0.15) is 58.3 Å². The predicted molar refractivity (Wildman–Crippen MR) is 111 cm³/mol. The summed E-state index contributed by atoms with van der Waals surface area (Å²) in [5.41, 5.74) is 1.29. The highest BCUT2D eigenvalue weighted by atomic mass is 32.1. The van der Waals surface area contributed by atoms with Crippen LogP contribution < -0.4 is 4.74 Å². The second-order valence-electron chi connectivity index (χ2n) is 6.63. The zero-order valence-electron chi connectivity index (χ0n) is 15.9. The maximum absolute atomic E-state index is 12.2. The summed E-state index contributed by atoms with van der Waals surface area (Å²) in [6, 6.07) is 15.7. The van der Waals surface area contributed by atoms with Gasteiger partial charge in [0.1, 0.15) is 23.9 Å². The monoisotopic (exact) mass is 380 g/mol. The van der Waals surface area contributed by atoms with E-state index in [9.17, 15) is 4.79 Å². The van der Waals surface area contributed by atoms with Crippen molar-refractivity contribution in [2.75, 3.05) is 0 Å². The average molecular weight is 381 g/mol. The molecule has 0 aliphatic rings. The van der Waals surface area contributed by atoms with Gasteiger partial charge in [-0.2, -0.15) is 0 Å². The summed E-state index contributed by atoms with van der Waals surface area (Å²) >= 11 is 1.54. The molecule has 3 rings (SSSR count). The SMILES string of the molecule is CCc1ccc(C(=O)/C=C/c2ccc(COc3ccc(C(C)C)cc3)o2)s1. The molecule has 2 aromatic heterocycles. The molecule has 140 valence electrons. The summed E-state index contributed by atoms with van der Waals surface area (Å²) in [4.78, 5) is 14.2. The highest BCUT2D eigenvalue weighted by Crippen LogP contribution is 2.21. The lowest BCUT2D eigenvalue weighted by molar-refractivity contribution is 0.105. The van der Waals surface area contributed by atoms with Crippen LogP contribution in [0.2, 0.25) is 0 Å². The van der Waals surface area contributed by atoms with Gasteiger partial charge in [0.05, 0.1) is 4.88 Å². The average Bonchev–Trinajstić information content (AvgIpc) is 3.34. The molecule has 0 saturated heterocycles. The molecule has 3 nitrogen and oxygen atoms in total. The van der Waals surface area contributed by atoms with Crippen molar-refractivity contribution < 1.29 is 13.9 Å². The summed E-state index contributed by atoms with van der Waals surface area (Å²) in [7, 11) is 0. The van der Waals surface area contributed by atoms with E-state index >= 15 is 0 Å². The first kappa shape index (κ1) is 19.2. The van der Waals surface area contributed by atoms with E-state index in [2.05, 4.69) is 32.9 Å². The van der Waals surface area contributed by atoms with E-state index in [0.717, 1.165) is 22.8 Å². The van der Waals surface area contributed by atoms with Crippen molar-refractivity contribution in [3.8, 4) is 5.75 Å². The van der Waals surface area contributed by atoms with E-state index < -0.39 is 0 Å². The lowest BCUT2D eigenvalue weighted by atomic mass is 10.0. The Labute approximate surface area is 164 Å². The van der Waals surface area contributed by atoms with Crippen molar-refractivity contribution in [2.24, 2.45) is 0 Å². The Balaban J connectivity index is 1.55. The first-order valence-corrected chi connectivity index (χ1v) is 9.99. The van der Waals surface area contributed by atoms with Gasteiger partial charge in [-0.1, -0.05) is 32.9 Å². The van der Waals surface area contributed by atoms with Gasteiger partial charge < -0.3 is 9.15 Å². The van der Waals surface area contributed by atoms with E-state index in [1.54, 1.807) is 12.2 Å². The van der Waals surface area contributed by atoms with Crippen molar-refractivity contribution in [1.82, 2.24) is 0 Å². The first-order valence-electron chi connectivity index (χ1n) is 9.17. The smallest absolute Gasteiger partial charge is 0.195 e. The number of allylic oxidation sites excluding steroid dienone is 1. The molecule has 0 fully saturated rings. The van der Waals surface area contributed by atoms with Gasteiger partial charge in [0.2, 0.25) is 0 Å². The highest BCUT2D eigenvalue weighted by molar-refractivity contribution is 7.14. The van der Waals surface area contributed by atoms with Crippen LogP contribution in [0.3, 0.4) is 0 Å². The number of carbonyl (C=O) groups excluding carboxylic acids is 1. The van der Waals surface area contributed by atoms with Crippen molar-refractivity contribution in [1.29, 1.82) is 0 Å². The lowest BCUT2D eigenvalue weighted by Crippen LogP contribution is -1.94. The summed E-state index contributed by atoms with van der Waals surface area (Å²) < 4.78 is 11.5. The van der Waals surface area contributed by atoms with Gasteiger partial charge in [0.25, 0.3) is 0 Å². The number of rotatable bonds is 8. The molecular weight excluding hydrogens is 356 g/mol. The molecule has 0 radical (unpaired) electrons. The standard InChI is InChI=1S/C23H24O3S/c1-4-21-12-14-23(27-21)22(24)13-11-19-9-10-20(26-19)15-25-18-7-5-17(6-8-18)16(2)3/h5-14,16H,4,15H2,1-3H3/b13-11+. The van der Waals surface area contributed by atoms with E-state index in [1.807, 2.05) is 36.4 Å². The third-order valence-electron chi connectivity index (χ3n) is 4.26. The van der Waals surface area contributed by atoms with Gasteiger partial charge in [-0.3, -0.25) is 4.79 Å². The Morgan fingerprint density at radius 2 is 1.89 bits per heavy atom. The zero-order valence-corrected chi connectivity index (χ0v) is 16.7. The van der Waals surface area contributed by atoms with Crippen molar-refractivity contribution in [2.45, 2.75) is 39.7 Å².